The van der Waals surface area contributed by atoms with Crippen LogP contribution in [0.5, 0.6) is 0 Å². The van der Waals surface area contributed by atoms with E-state index in [0.29, 0.717) is 12.8 Å². The Morgan fingerprint density at radius 1 is 0.429 bits per heavy atom. The van der Waals surface area contributed by atoms with E-state index < -0.39 is 0 Å². The van der Waals surface area contributed by atoms with Crippen LogP contribution in [0.4, 0.5) is 0 Å². The van der Waals surface area contributed by atoms with E-state index in [1.54, 1.807) is 0 Å². The molecular weight excluding hydrogens is 344 g/mol. The van der Waals surface area contributed by atoms with Gasteiger partial charge in [-0.05, 0) is 12.8 Å². The second kappa shape index (κ2) is 13.9. The van der Waals surface area contributed by atoms with Gasteiger partial charge in [0.15, 0.2) is 11.6 Å². The molecule has 0 spiro atoms. The van der Waals surface area contributed by atoms with E-state index in [4.69, 9.17) is 0 Å². The molecule has 2 rings (SSSR count). The van der Waals surface area contributed by atoms with Crippen molar-refractivity contribution in [1.29, 1.82) is 0 Å². The minimum atomic E-state index is 0.270. The average Bonchev–Trinajstić information content (AvgIpc) is 2.75. The zero-order valence-electron chi connectivity index (χ0n) is 17.1. The third kappa shape index (κ3) is 9.12. The van der Waals surface area contributed by atoms with Gasteiger partial charge in [0.05, 0.1) is 0 Å². The van der Waals surface area contributed by atoms with Gasteiger partial charge in [-0.1, -0.05) is 112 Å². The number of rotatable bonds is 15. The summed E-state index contributed by atoms with van der Waals surface area (Å²) in [5, 5.41) is 0. The molecule has 0 atom stereocenters. The molecule has 0 N–H and O–H groups in total. The van der Waals surface area contributed by atoms with E-state index in [-0.39, 0.29) is 11.6 Å². The standard InChI is InChI=1S/C26H34O2/c27-25(23-17-11-9-12-18-23)21-15-7-5-3-1-2-4-6-8-16-22-26(28)24-19-13-10-14-20-24/h9-14,17-20H,1-8,15-16,21-22H2. The number of unbranched alkanes of at least 4 members (excludes halogenated alkanes) is 9. The molecule has 2 nitrogen and oxygen atoms in total. The molecule has 0 radical (unpaired) electrons. The molecule has 0 fully saturated rings. The van der Waals surface area contributed by atoms with Crippen LogP contribution in [0.25, 0.3) is 0 Å². The van der Waals surface area contributed by atoms with Gasteiger partial charge in [0, 0.05) is 24.0 Å². The van der Waals surface area contributed by atoms with Gasteiger partial charge in [0.25, 0.3) is 0 Å². The normalized spacial score (nSPS) is 10.7. The highest BCUT2D eigenvalue weighted by Crippen LogP contribution is 2.14. The molecule has 2 aromatic rings. The number of carbonyl (C=O) groups excluding carboxylic acids is 2. The van der Waals surface area contributed by atoms with Crippen molar-refractivity contribution in [1.82, 2.24) is 0 Å². The molecular formula is C26H34O2. The van der Waals surface area contributed by atoms with Crippen molar-refractivity contribution < 1.29 is 9.59 Å². The second-order valence-electron chi connectivity index (χ2n) is 7.61. The van der Waals surface area contributed by atoms with Crippen LogP contribution in [0.2, 0.25) is 0 Å². The van der Waals surface area contributed by atoms with Crippen LogP contribution in [-0.2, 0) is 0 Å². The van der Waals surface area contributed by atoms with Gasteiger partial charge < -0.3 is 0 Å². The first kappa shape index (κ1) is 22.1. The number of hydrogen-bond acceptors (Lipinski definition) is 2. The molecule has 28 heavy (non-hydrogen) atoms. The Bertz CT molecular complexity index is 615. The average molecular weight is 379 g/mol. The van der Waals surface area contributed by atoms with Crippen molar-refractivity contribution in [3.8, 4) is 0 Å². The van der Waals surface area contributed by atoms with Crippen LogP contribution in [-0.4, -0.2) is 11.6 Å². The number of hydrogen-bond donors (Lipinski definition) is 0. The molecule has 150 valence electrons. The Kier molecular flexibility index (Phi) is 10.9. The summed E-state index contributed by atoms with van der Waals surface area (Å²) in [6.45, 7) is 0. The summed E-state index contributed by atoms with van der Waals surface area (Å²) in [5.41, 5.74) is 1.68. The molecule has 0 heterocycles. The van der Waals surface area contributed by atoms with Crippen molar-refractivity contribution in [3.63, 3.8) is 0 Å². The summed E-state index contributed by atoms with van der Waals surface area (Å²) in [6.07, 6.45) is 13.2. The summed E-state index contributed by atoms with van der Waals surface area (Å²) in [4.78, 5) is 24.0. The maximum atomic E-state index is 12.0. The lowest BCUT2D eigenvalue weighted by Gasteiger charge is -2.04. The quantitative estimate of drug-likeness (QED) is 0.238. The van der Waals surface area contributed by atoms with Crippen molar-refractivity contribution in [3.05, 3.63) is 71.8 Å². The van der Waals surface area contributed by atoms with Crippen LogP contribution in [0.3, 0.4) is 0 Å². The SMILES string of the molecule is O=C(CCCCCCCCCCCCC(=O)c1ccccc1)c1ccccc1. The minimum Gasteiger partial charge on any atom is -0.294 e. The third-order valence-corrected chi connectivity index (χ3v) is 5.25. The highest BCUT2D eigenvalue weighted by Gasteiger charge is 2.05. The van der Waals surface area contributed by atoms with Crippen molar-refractivity contribution in [2.75, 3.05) is 0 Å². The summed E-state index contributed by atoms with van der Waals surface area (Å²) < 4.78 is 0. The van der Waals surface area contributed by atoms with Gasteiger partial charge in [-0.15, -0.1) is 0 Å². The van der Waals surface area contributed by atoms with E-state index >= 15 is 0 Å². The molecule has 0 unspecified atom stereocenters. The molecule has 0 amide bonds. The van der Waals surface area contributed by atoms with Crippen molar-refractivity contribution in [2.45, 2.75) is 77.0 Å². The maximum Gasteiger partial charge on any atom is 0.162 e. The molecule has 0 aliphatic heterocycles. The number of Topliss-reactive ketones (excluding diaryl/α,β-unsaturated/α-hetero) is 2. The highest BCUT2D eigenvalue weighted by atomic mass is 16.1. The van der Waals surface area contributed by atoms with Crippen molar-refractivity contribution >= 4 is 11.6 Å². The van der Waals surface area contributed by atoms with Crippen LogP contribution in [0.15, 0.2) is 60.7 Å². The zero-order chi connectivity index (χ0) is 19.9. The molecule has 0 bridgehead atoms. The summed E-state index contributed by atoms with van der Waals surface area (Å²) in [7, 11) is 0. The van der Waals surface area contributed by atoms with Crippen LogP contribution in [0.1, 0.15) is 97.8 Å². The van der Waals surface area contributed by atoms with E-state index in [1.165, 1.54) is 38.5 Å². The number of carbonyl (C=O) groups is 2. The molecule has 0 aliphatic carbocycles. The predicted octanol–water partition coefficient (Wildman–Crippen LogP) is 7.43. The fraction of sp³-hybridized carbons (Fsp3) is 0.462. The first-order valence-corrected chi connectivity index (χ1v) is 10.9. The molecule has 2 aromatic carbocycles. The van der Waals surface area contributed by atoms with Gasteiger partial charge in [0.1, 0.15) is 0 Å². The first-order valence-electron chi connectivity index (χ1n) is 10.9. The lowest BCUT2D eigenvalue weighted by atomic mass is 10.0. The van der Waals surface area contributed by atoms with Gasteiger partial charge in [0.2, 0.25) is 0 Å². The lowest BCUT2D eigenvalue weighted by molar-refractivity contribution is 0.0971. The van der Waals surface area contributed by atoms with Crippen LogP contribution >= 0.6 is 0 Å². The molecule has 0 aromatic heterocycles. The molecule has 0 saturated carbocycles. The largest absolute Gasteiger partial charge is 0.294 e. The van der Waals surface area contributed by atoms with Crippen molar-refractivity contribution in [2.24, 2.45) is 0 Å². The van der Waals surface area contributed by atoms with E-state index in [9.17, 15) is 9.59 Å². The Balaban J connectivity index is 1.36. The lowest BCUT2D eigenvalue weighted by Crippen LogP contribution is -1.98. The Labute approximate surface area is 170 Å². The molecule has 0 saturated heterocycles. The van der Waals surface area contributed by atoms with E-state index in [2.05, 4.69) is 0 Å². The van der Waals surface area contributed by atoms with Gasteiger partial charge in [-0.25, -0.2) is 0 Å². The predicted molar refractivity (Wildman–Crippen MR) is 117 cm³/mol. The fourth-order valence-corrected chi connectivity index (χ4v) is 3.52. The van der Waals surface area contributed by atoms with Gasteiger partial charge >= 0.3 is 0 Å². The van der Waals surface area contributed by atoms with E-state index in [1.807, 2.05) is 60.7 Å². The first-order chi connectivity index (χ1) is 13.8. The Hall–Kier alpha value is -2.22. The zero-order valence-corrected chi connectivity index (χ0v) is 17.1. The third-order valence-electron chi connectivity index (χ3n) is 5.25. The number of ketones is 2. The summed E-state index contributed by atoms with van der Waals surface area (Å²) in [6, 6.07) is 19.2. The second-order valence-corrected chi connectivity index (χ2v) is 7.61. The smallest absolute Gasteiger partial charge is 0.162 e. The molecule has 2 heteroatoms. The summed E-state index contributed by atoms with van der Waals surface area (Å²) >= 11 is 0. The minimum absolute atomic E-state index is 0.270. The molecule has 0 aliphatic rings. The van der Waals surface area contributed by atoms with Crippen LogP contribution < -0.4 is 0 Å². The highest BCUT2D eigenvalue weighted by molar-refractivity contribution is 5.96. The fourth-order valence-electron chi connectivity index (χ4n) is 3.52. The number of benzene rings is 2. The van der Waals surface area contributed by atoms with Gasteiger partial charge in [-0.2, -0.15) is 0 Å². The monoisotopic (exact) mass is 378 g/mol. The Morgan fingerprint density at radius 2 is 0.714 bits per heavy atom. The topological polar surface area (TPSA) is 34.1 Å². The van der Waals surface area contributed by atoms with Crippen LogP contribution in [0, 0.1) is 0 Å². The van der Waals surface area contributed by atoms with Gasteiger partial charge in [-0.3, -0.25) is 9.59 Å². The maximum absolute atomic E-state index is 12.0. The van der Waals surface area contributed by atoms with E-state index in [0.717, 1.165) is 36.8 Å². The Morgan fingerprint density at radius 3 is 1.04 bits per heavy atom. The summed E-state index contributed by atoms with van der Waals surface area (Å²) in [5.74, 6) is 0.540.